The monoisotopic (exact) mass is 265 g/mol. The molecule has 0 aliphatic carbocycles. The molecule has 8 heteroatoms. The van der Waals surface area contributed by atoms with E-state index in [0.717, 1.165) is 10.2 Å². The van der Waals surface area contributed by atoms with Gasteiger partial charge in [0.15, 0.2) is 5.65 Å². The van der Waals surface area contributed by atoms with Gasteiger partial charge in [-0.15, -0.1) is 0 Å². The van der Waals surface area contributed by atoms with Crippen LogP contribution in [0.1, 0.15) is 0 Å². The zero-order chi connectivity index (χ0) is 11.2. The summed E-state index contributed by atoms with van der Waals surface area (Å²) < 4.78 is 23.7. The van der Waals surface area contributed by atoms with Crippen molar-refractivity contribution in [3.63, 3.8) is 0 Å². The van der Waals surface area contributed by atoms with Crippen LogP contribution in [0.25, 0.3) is 11.0 Å². The number of fused-ring (bicyclic) bond motifs is 1. The predicted octanol–water partition coefficient (Wildman–Crippen LogP) is 1.55. The van der Waals surface area contributed by atoms with Gasteiger partial charge in [0.2, 0.25) is 15.3 Å². The van der Waals surface area contributed by atoms with Gasteiger partial charge in [-0.05, 0) is 17.7 Å². The maximum absolute atomic E-state index is 11.3. The number of rotatable bonds is 1. The van der Waals surface area contributed by atoms with Crippen molar-refractivity contribution < 1.29 is 8.42 Å². The predicted molar refractivity (Wildman–Crippen MR) is 57.8 cm³/mol. The Balaban J connectivity index is 2.92. The molecule has 0 aliphatic rings. The first kappa shape index (κ1) is 10.7. The summed E-state index contributed by atoms with van der Waals surface area (Å²) >= 11 is 11.4. The average molecular weight is 266 g/mol. The van der Waals surface area contributed by atoms with E-state index in [1.807, 2.05) is 0 Å². The normalized spacial score (nSPS) is 12.2. The van der Waals surface area contributed by atoms with Gasteiger partial charge >= 0.3 is 0 Å². The minimum atomic E-state index is -3.41. The summed E-state index contributed by atoms with van der Waals surface area (Å²) in [4.78, 5) is 7.53. The molecule has 2 heterocycles. The quantitative estimate of drug-likeness (QED) is 0.580. The lowest BCUT2D eigenvalue weighted by Gasteiger charge is -2.01. The van der Waals surface area contributed by atoms with E-state index in [0.29, 0.717) is 5.39 Å². The number of hydrogen-bond donors (Lipinski definition) is 0. The Kier molecular flexibility index (Phi) is 2.37. The molecule has 0 amide bonds. The maximum atomic E-state index is 11.3. The lowest BCUT2D eigenvalue weighted by Crippen LogP contribution is -2.09. The molecule has 0 radical (unpaired) electrons. The minimum Gasteiger partial charge on any atom is -0.228 e. The van der Waals surface area contributed by atoms with E-state index < -0.39 is 10.0 Å². The van der Waals surface area contributed by atoms with Crippen molar-refractivity contribution >= 4 is 44.3 Å². The molecule has 0 N–H and O–H groups in total. The summed E-state index contributed by atoms with van der Waals surface area (Å²) in [5.74, 6) is 0. The van der Waals surface area contributed by atoms with Crippen LogP contribution in [0.3, 0.4) is 0 Å². The summed E-state index contributed by atoms with van der Waals surface area (Å²) in [7, 11) is -3.41. The van der Waals surface area contributed by atoms with E-state index in [9.17, 15) is 8.42 Å². The molecule has 15 heavy (non-hydrogen) atoms. The van der Waals surface area contributed by atoms with E-state index in [1.165, 1.54) is 12.3 Å². The molecule has 0 atom stereocenters. The Morgan fingerprint density at radius 2 is 2.00 bits per heavy atom. The fraction of sp³-hybridized carbons (Fsp3) is 0.143. The van der Waals surface area contributed by atoms with E-state index in [4.69, 9.17) is 23.2 Å². The zero-order valence-electron chi connectivity index (χ0n) is 7.48. The van der Waals surface area contributed by atoms with Crippen molar-refractivity contribution in [1.82, 2.24) is 13.9 Å². The van der Waals surface area contributed by atoms with Gasteiger partial charge in [0.25, 0.3) is 0 Å². The SMILES string of the molecule is CS(=O)(=O)n1ccc2c(Cl)nc(Cl)nc21. The van der Waals surface area contributed by atoms with Crippen LogP contribution >= 0.6 is 23.2 Å². The van der Waals surface area contributed by atoms with Gasteiger partial charge < -0.3 is 0 Å². The molecule has 5 nitrogen and oxygen atoms in total. The Hall–Kier alpha value is -0.850. The van der Waals surface area contributed by atoms with Crippen LogP contribution in [-0.2, 0) is 10.0 Å². The van der Waals surface area contributed by atoms with Gasteiger partial charge in [-0.25, -0.2) is 17.4 Å². The molecule has 0 fully saturated rings. The maximum Gasteiger partial charge on any atom is 0.237 e. The number of nitrogens with zero attached hydrogens (tertiary/aromatic N) is 3. The Labute approximate surface area is 95.7 Å². The molecular weight excluding hydrogens is 261 g/mol. The molecular formula is C7H5Cl2N3O2S. The second kappa shape index (κ2) is 3.33. The number of aromatic nitrogens is 3. The summed E-state index contributed by atoms with van der Waals surface area (Å²) in [5.41, 5.74) is 0.183. The zero-order valence-corrected chi connectivity index (χ0v) is 9.81. The lowest BCUT2D eigenvalue weighted by atomic mass is 10.4. The Bertz CT molecular complexity index is 635. The van der Waals surface area contributed by atoms with Gasteiger partial charge in [-0.1, -0.05) is 11.6 Å². The van der Waals surface area contributed by atoms with Crippen LogP contribution in [0.5, 0.6) is 0 Å². The molecule has 0 aromatic carbocycles. The van der Waals surface area contributed by atoms with Crippen molar-refractivity contribution in [2.24, 2.45) is 0 Å². The van der Waals surface area contributed by atoms with E-state index in [2.05, 4.69) is 9.97 Å². The fourth-order valence-corrected chi connectivity index (χ4v) is 2.37. The molecule has 0 saturated carbocycles. The van der Waals surface area contributed by atoms with Gasteiger partial charge in [0.05, 0.1) is 11.6 Å². The first-order valence-corrected chi connectivity index (χ1v) is 6.40. The molecule has 0 unspecified atom stereocenters. The number of halogens is 2. The summed E-state index contributed by atoms with van der Waals surface area (Å²) in [6.07, 6.45) is 2.42. The molecule has 2 aromatic heterocycles. The average Bonchev–Trinajstić information content (AvgIpc) is 2.45. The lowest BCUT2D eigenvalue weighted by molar-refractivity contribution is 0.595. The van der Waals surface area contributed by atoms with Gasteiger partial charge in [0, 0.05) is 6.20 Å². The van der Waals surface area contributed by atoms with Crippen molar-refractivity contribution in [2.75, 3.05) is 6.26 Å². The van der Waals surface area contributed by atoms with E-state index in [1.54, 1.807) is 0 Å². The van der Waals surface area contributed by atoms with Crippen LogP contribution in [0.4, 0.5) is 0 Å². The highest BCUT2D eigenvalue weighted by atomic mass is 35.5. The largest absolute Gasteiger partial charge is 0.237 e. The second-order valence-corrected chi connectivity index (χ2v) is 5.45. The van der Waals surface area contributed by atoms with Gasteiger partial charge in [-0.3, -0.25) is 0 Å². The minimum absolute atomic E-state index is 0.0869. The van der Waals surface area contributed by atoms with Crippen LogP contribution in [0.15, 0.2) is 12.3 Å². The van der Waals surface area contributed by atoms with Gasteiger partial charge in [-0.2, -0.15) is 4.98 Å². The third-order valence-corrected chi connectivity index (χ3v) is 3.26. The van der Waals surface area contributed by atoms with Crippen LogP contribution in [0, 0.1) is 0 Å². The third-order valence-electron chi connectivity index (χ3n) is 1.79. The summed E-state index contributed by atoms with van der Waals surface area (Å²) in [5, 5.41) is 0.495. The molecule has 80 valence electrons. The molecule has 0 bridgehead atoms. The first-order chi connectivity index (χ1) is 6.89. The number of hydrogen-bond acceptors (Lipinski definition) is 4. The topological polar surface area (TPSA) is 64.8 Å². The van der Waals surface area contributed by atoms with Crippen LogP contribution in [0.2, 0.25) is 10.4 Å². The van der Waals surface area contributed by atoms with Crippen molar-refractivity contribution in [3.05, 3.63) is 22.7 Å². The Morgan fingerprint density at radius 1 is 1.33 bits per heavy atom. The molecule has 2 rings (SSSR count). The highest BCUT2D eigenvalue weighted by Crippen LogP contribution is 2.23. The molecule has 0 aliphatic heterocycles. The summed E-state index contributed by atoms with van der Waals surface area (Å²) in [6, 6.07) is 1.52. The smallest absolute Gasteiger partial charge is 0.228 e. The molecule has 2 aromatic rings. The summed E-state index contributed by atoms with van der Waals surface area (Å²) in [6.45, 7) is 0. The second-order valence-electron chi connectivity index (χ2n) is 2.90. The molecule has 0 saturated heterocycles. The van der Waals surface area contributed by atoms with E-state index in [-0.39, 0.29) is 16.1 Å². The van der Waals surface area contributed by atoms with Crippen molar-refractivity contribution in [1.29, 1.82) is 0 Å². The standard InChI is InChI=1S/C7H5Cl2N3O2S/c1-15(13,14)12-3-2-4-5(8)10-7(9)11-6(4)12/h2-3H,1H3. The van der Waals surface area contributed by atoms with Gasteiger partial charge in [0.1, 0.15) is 5.15 Å². The Morgan fingerprint density at radius 3 is 2.60 bits per heavy atom. The van der Waals surface area contributed by atoms with E-state index >= 15 is 0 Å². The fourth-order valence-electron chi connectivity index (χ4n) is 1.20. The van der Waals surface area contributed by atoms with Crippen LogP contribution < -0.4 is 0 Å². The van der Waals surface area contributed by atoms with Crippen LogP contribution in [-0.4, -0.2) is 28.6 Å². The van der Waals surface area contributed by atoms with Crippen molar-refractivity contribution in [3.8, 4) is 0 Å². The highest BCUT2D eigenvalue weighted by molar-refractivity contribution is 7.89. The molecule has 0 spiro atoms. The van der Waals surface area contributed by atoms with Crippen molar-refractivity contribution in [2.45, 2.75) is 0 Å². The third kappa shape index (κ3) is 1.80. The highest BCUT2D eigenvalue weighted by Gasteiger charge is 2.14. The first-order valence-electron chi connectivity index (χ1n) is 3.80.